The second-order valence-corrected chi connectivity index (χ2v) is 38.7. The van der Waals surface area contributed by atoms with Gasteiger partial charge in [0, 0.05) is 141 Å². The van der Waals surface area contributed by atoms with Crippen molar-refractivity contribution in [3.63, 3.8) is 0 Å². The molecule has 0 radical (unpaired) electrons. The van der Waals surface area contributed by atoms with E-state index in [1.807, 2.05) is 235 Å². The molecule has 0 spiro atoms. The number of hydrogen-bond acceptors (Lipinski definition) is 32. The van der Waals surface area contributed by atoms with Crippen molar-refractivity contribution < 1.29 is 66.7 Å². The first-order chi connectivity index (χ1) is 65.6. The highest BCUT2D eigenvalue weighted by atomic mass is 32.1. The van der Waals surface area contributed by atoms with Gasteiger partial charge in [-0.3, -0.25) is 33.6 Å². The summed E-state index contributed by atoms with van der Waals surface area (Å²) in [5.41, 5.74) is 10.4. The topological polar surface area (TPSA) is 261 Å². The number of rotatable bonds is 15. The van der Waals surface area contributed by atoms with E-state index in [1.54, 1.807) is 113 Å². The third-order valence-electron chi connectivity index (χ3n) is 20.0. The number of esters is 6. The number of nitrogens with zero attached hydrogens (tertiary/aromatic N) is 6. The van der Waals surface area contributed by atoms with Crippen molar-refractivity contribution in [3.05, 3.63) is 310 Å². The second kappa shape index (κ2) is 46.6. The Bertz CT molecular complexity index is 8200. The number of ether oxygens (including phenoxy) is 7. The van der Waals surface area contributed by atoms with Gasteiger partial charge in [0.2, 0.25) is 0 Å². The van der Waals surface area contributed by atoms with E-state index in [-0.39, 0.29) is 35.6 Å². The molecule has 18 rings (SSSR count). The number of carbonyl (C=O) groups excluding carboxylic acids is 7. The number of methoxy groups -OCH3 is 1. The Labute approximate surface area is 842 Å². The van der Waals surface area contributed by atoms with E-state index in [1.165, 1.54) is 52.9 Å². The van der Waals surface area contributed by atoms with Crippen LogP contribution in [0.1, 0.15) is 93.1 Å². The van der Waals surface area contributed by atoms with Gasteiger partial charge in [-0.25, -0.2) is 29.9 Å². The Hall–Kier alpha value is -13.2. The second-order valence-electron chi connectivity index (χ2n) is 30.2. The van der Waals surface area contributed by atoms with Crippen LogP contribution in [-0.4, -0.2) is 78.6 Å². The Morgan fingerprint density at radius 2 is 0.577 bits per heavy atom. The van der Waals surface area contributed by atoms with Crippen molar-refractivity contribution in [2.75, 3.05) is 7.11 Å². The van der Waals surface area contributed by atoms with Gasteiger partial charge in [-0.15, -0.1) is 68.0 Å². The normalized spacial score (nSPS) is 10.6. The van der Waals surface area contributed by atoms with E-state index >= 15 is 0 Å². The third kappa shape index (κ3) is 26.1. The monoisotopic (exact) mass is 2030 g/mol. The average molecular weight is 2040 g/mol. The number of carbonyl (C=O) groups is 7. The fraction of sp³-hybridized carbons (Fsp3) is 0.133. The zero-order valence-electron chi connectivity index (χ0n) is 75.7. The zero-order chi connectivity index (χ0) is 98.0. The number of benzene rings is 12. The number of fused-ring (bicyclic) bond motifs is 6. The summed E-state index contributed by atoms with van der Waals surface area (Å²) in [6.07, 6.45) is 0.317. The molecule has 32 heteroatoms. The molecule has 0 aliphatic carbocycles. The predicted octanol–water partition coefficient (Wildman–Crippen LogP) is 29.9. The van der Waals surface area contributed by atoms with Gasteiger partial charge in [-0.05, 0) is 203 Å². The van der Waals surface area contributed by atoms with Crippen LogP contribution in [0.2, 0.25) is 0 Å². The smallest absolute Gasteiger partial charge is 0.310 e. The standard InChI is InChI=1S/C19H15NO3S2.C18H15NO3S2.C18H15NO2S2.2C17H13NO2S2.C16H11NO2S2/c1-10-8-15(14(11(2)21)9-16(10)23-12(3)22)19-20-18(24)13-6-4-5-7-17(13)25-19;1-3-16(20)22-11-8-9-12(14(10-11)21-2)18-19-17(23)13-6-4-5-7-15(13)24-18;1-10-9-15(21-12(3)20)11(2)8-14(10)18-19-17(22)13-6-4-5-7-16(13)23-18;1-10-9-12(20-11(2)19)7-8-13(10)17-18-16(21)14-5-3-4-6-15(14)22-17;1-10-9-12(7-8-14(10)20-11(2)19)17-18-16(21)13-5-3-4-6-15(13)22-17;1-10(18)19-12-8-6-11(7-9-12)16-17-15(20)13-4-2-3-5-14(13)21-16/h4-9H,1-3H3;4-10H,3H2,1-2H3;4-9H,1-3H3;2*3-9H,1-2H3;2-9H,1H3. The largest absolute Gasteiger partial charge is 0.496 e. The van der Waals surface area contributed by atoms with Crippen LogP contribution in [-0.2, 0) is 28.8 Å². The minimum atomic E-state index is -0.426. The molecule has 6 aromatic heterocycles. The van der Waals surface area contributed by atoms with E-state index in [9.17, 15) is 33.6 Å². The number of Topliss-reactive ketones (excluding diaryl/α,β-unsaturated/α-hetero) is 1. The molecule has 137 heavy (non-hydrogen) atoms. The first-order valence-electron chi connectivity index (χ1n) is 42.0. The maximum absolute atomic E-state index is 12.1. The number of ketones is 1. The van der Waals surface area contributed by atoms with Crippen LogP contribution >= 0.6 is 141 Å². The van der Waals surface area contributed by atoms with Crippen molar-refractivity contribution in [1.82, 2.24) is 29.9 Å². The van der Waals surface area contributed by atoms with Gasteiger partial charge >= 0.3 is 35.8 Å². The third-order valence-corrected chi connectivity index (χ3v) is 28.4. The predicted molar refractivity (Wildman–Crippen MR) is 568 cm³/mol. The van der Waals surface area contributed by atoms with Crippen LogP contribution in [0.4, 0.5) is 0 Å². The molecule has 12 aromatic carbocycles. The summed E-state index contributed by atoms with van der Waals surface area (Å²) in [6.45, 7) is 19.7. The van der Waals surface area contributed by atoms with Crippen LogP contribution in [0, 0.1) is 62.5 Å². The lowest BCUT2D eigenvalue weighted by atomic mass is 10.0. The molecule has 0 atom stereocenters. The molecule has 0 saturated carbocycles. The first kappa shape index (κ1) is 101. The summed E-state index contributed by atoms with van der Waals surface area (Å²) in [5.74, 6) is 1.50. The molecule has 0 bridgehead atoms. The summed E-state index contributed by atoms with van der Waals surface area (Å²) in [6, 6.07) is 78.6. The molecule has 0 amide bonds. The lowest BCUT2D eigenvalue weighted by molar-refractivity contribution is -0.134. The molecule has 0 N–H and O–H groups in total. The van der Waals surface area contributed by atoms with Gasteiger partial charge in [0.25, 0.3) is 0 Å². The quantitative estimate of drug-likeness (QED) is 0.0400. The maximum Gasteiger partial charge on any atom is 0.310 e. The van der Waals surface area contributed by atoms with Crippen molar-refractivity contribution in [2.45, 2.75) is 89.5 Å². The Morgan fingerprint density at radius 3 is 0.964 bits per heavy atom. The zero-order valence-corrected chi connectivity index (χ0v) is 85.5. The summed E-state index contributed by atoms with van der Waals surface area (Å²) >= 11 is 41.8. The minimum Gasteiger partial charge on any atom is -0.496 e. The molecule has 0 aliphatic rings. The number of aryl methyl sites for hydroxylation is 5. The molecule has 0 unspecified atom stereocenters. The Morgan fingerprint density at radius 1 is 0.270 bits per heavy atom. The van der Waals surface area contributed by atoms with Gasteiger partial charge in [0.15, 0.2) is 5.78 Å². The molecule has 0 fully saturated rings. The van der Waals surface area contributed by atoms with E-state index in [4.69, 9.17) is 106 Å². The molecule has 0 saturated heterocycles. The van der Waals surface area contributed by atoms with Crippen molar-refractivity contribution >= 4 is 243 Å². The maximum atomic E-state index is 12.1. The SMILES string of the molecule is CC(=O)Oc1cc(C(C)=O)c(-c2nc(=S)c3ccccc3s2)cc1C.CC(=O)Oc1cc(C)c(-c2nc(=S)c3ccccc3s2)cc1C.CC(=O)Oc1ccc(-c2nc(=S)c3ccccc3s2)c(C)c1.CC(=O)Oc1ccc(-c2nc(=S)c3ccccc3s2)cc1.CC(=O)Oc1ccc(-c2nc(=S)c3ccccc3s2)cc1C.CCC(=O)Oc1ccc(-c2nc(=S)c3ccccc3s2)c(OC)c1. The fourth-order valence-electron chi connectivity index (χ4n) is 13.6. The lowest BCUT2D eigenvalue weighted by Crippen LogP contribution is -2.06. The van der Waals surface area contributed by atoms with E-state index < -0.39 is 5.97 Å². The summed E-state index contributed by atoms with van der Waals surface area (Å²) in [5, 5.41) is 10.8. The van der Waals surface area contributed by atoms with E-state index in [0.29, 0.717) is 90.6 Å². The molecule has 18 aromatic rings. The highest BCUT2D eigenvalue weighted by Crippen LogP contribution is 2.42. The van der Waals surface area contributed by atoms with Crippen LogP contribution < -0.4 is 33.2 Å². The first-order valence-corrected chi connectivity index (χ1v) is 49.3. The molecule has 0 aliphatic heterocycles. The van der Waals surface area contributed by atoms with E-state index in [2.05, 4.69) is 36.0 Å². The minimum absolute atomic E-state index is 0.128. The van der Waals surface area contributed by atoms with Gasteiger partial charge in [-0.1, -0.05) is 189 Å². The number of aromatic nitrogens is 6. The van der Waals surface area contributed by atoms with Gasteiger partial charge in [0.05, 0.1) is 12.7 Å². The Balaban J connectivity index is 0.000000139. The van der Waals surface area contributed by atoms with Crippen molar-refractivity contribution in [1.29, 1.82) is 0 Å². The van der Waals surface area contributed by atoms with Crippen molar-refractivity contribution in [3.8, 4) is 104 Å². The van der Waals surface area contributed by atoms with Crippen LogP contribution in [0.25, 0.3) is 124 Å². The van der Waals surface area contributed by atoms with Crippen LogP contribution in [0.5, 0.6) is 40.2 Å². The highest BCUT2D eigenvalue weighted by molar-refractivity contribution is 7.72. The van der Waals surface area contributed by atoms with E-state index in [0.717, 1.165) is 141 Å². The molecule has 6 heterocycles. The Kier molecular flexibility index (Phi) is 34.4. The average Bonchev–Trinajstić information content (AvgIpc) is 0.783. The van der Waals surface area contributed by atoms with Gasteiger partial charge in [-0.2, -0.15) is 0 Å². The highest BCUT2D eigenvalue weighted by Gasteiger charge is 2.21. The summed E-state index contributed by atoms with van der Waals surface area (Å²) < 4.78 is 46.4. The molecule has 688 valence electrons. The fourth-order valence-corrected chi connectivity index (χ4v) is 22.3. The lowest BCUT2D eigenvalue weighted by Gasteiger charge is -2.12. The van der Waals surface area contributed by atoms with Crippen LogP contribution in [0.3, 0.4) is 0 Å². The van der Waals surface area contributed by atoms with Crippen LogP contribution in [0.15, 0.2) is 249 Å². The number of hydrogen-bond donors (Lipinski definition) is 0. The molecular weight excluding hydrogens is 1950 g/mol. The van der Waals surface area contributed by atoms with Gasteiger partial charge < -0.3 is 33.2 Å². The summed E-state index contributed by atoms with van der Waals surface area (Å²) in [4.78, 5) is 106. The molecular formula is C105H82N6O14S12. The van der Waals surface area contributed by atoms with Crippen molar-refractivity contribution in [2.24, 2.45) is 0 Å². The molecule has 20 nitrogen and oxygen atoms in total. The summed E-state index contributed by atoms with van der Waals surface area (Å²) in [7, 11) is 1.57. The van der Waals surface area contributed by atoms with Gasteiger partial charge in [0.1, 0.15) is 98.1 Å².